The van der Waals surface area contributed by atoms with Gasteiger partial charge in [-0.15, -0.1) is 11.6 Å². The number of hydrogen-bond acceptors (Lipinski definition) is 5. The summed E-state index contributed by atoms with van der Waals surface area (Å²) in [5.74, 6) is -0.258. The van der Waals surface area contributed by atoms with Crippen LogP contribution in [-0.4, -0.2) is 38.6 Å². The van der Waals surface area contributed by atoms with E-state index in [-0.39, 0.29) is 5.57 Å². The topological polar surface area (TPSA) is 61.8 Å². The molecule has 0 atom stereocenters. The van der Waals surface area contributed by atoms with E-state index in [0.29, 0.717) is 23.8 Å². The maximum absolute atomic E-state index is 11.5. The highest BCUT2D eigenvalue weighted by Crippen LogP contribution is 2.16. The molecule has 21 heavy (non-hydrogen) atoms. The van der Waals surface area contributed by atoms with E-state index in [1.54, 1.807) is 24.3 Å². The molecule has 0 aromatic heterocycles. The molecule has 1 aromatic carbocycles. The van der Waals surface area contributed by atoms with Gasteiger partial charge in [-0.2, -0.15) is 0 Å². The van der Waals surface area contributed by atoms with Crippen LogP contribution in [0.1, 0.15) is 12.0 Å². The van der Waals surface area contributed by atoms with Crippen LogP contribution in [0.5, 0.6) is 5.75 Å². The average Bonchev–Trinajstić information content (AvgIpc) is 2.52. The van der Waals surface area contributed by atoms with Crippen molar-refractivity contribution < 1.29 is 23.8 Å². The molecule has 0 aliphatic heterocycles. The fraction of sp³-hybridized carbons (Fsp3) is 0.333. The first-order valence-corrected chi connectivity index (χ1v) is 6.83. The Balaban J connectivity index is 2.85. The van der Waals surface area contributed by atoms with Gasteiger partial charge in [-0.05, 0) is 30.2 Å². The van der Waals surface area contributed by atoms with Crippen molar-refractivity contribution in [1.82, 2.24) is 0 Å². The number of alkyl halides is 1. The quantitative estimate of drug-likeness (QED) is 0.193. The van der Waals surface area contributed by atoms with E-state index in [9.17, 15) is 9.59 Å². The smallest absolute Gasteiger partial charge is 0.345 e. The summed E-state index contributed by atoms with van der Waals surface area (Å²) >= 11 is 5.56. The molecule has 6 heteroatoms. The lowest BCUT2D eigenvalue weighted by Crippen LogP contribution is -2.15. The number of carbonyl (C=O) groups excluding carboxylic acids is 2. The van der Waals surface area contributed by atoms with Gasteiger partial charge in [0.2, 0.25) is 0 Å². The molecular weight excluding hydrogens is 296 g/mol. The van der Waals surface area contributed by atoms with E-state index >= 15 is 0 Å². The first-order valence-electron chi connectivity index (χ1n) is 6.29. The summed E-state index contributed by atoms with van der Waals surface area (Å²) in [6.07, 6.45) is 2.16. The van der Waals surface area contributed by atoms with Crippen LogP contribution in [-0.2, 0) is 19.1 Å². The number of carbonyl (C=O) groups is 2. The van der Waals surface area contributed by atoms with Crippen LogP contribution in [0.15, 0.2) is 29.8 Å². The fourth-order valence-corrected chi connectivity index (χ4v) is 1.60. The van der Waals surface area contributed by atoms with E-state index in [2.05, 4.69) is 9.47 Å². The van der Waals surface area contributed by atoms with Crippen LogP contribution >= 0.6 is 11.6 Å². The molecule has 0 bridgehead atoms. The molecule has 114 valence electrons. The Kier molecular flexibility index (Phi) is 7.32. The minimum atomic E-state index is -0.746. The lowest BCUT2D eigenvalue weighted by atomic mass is 10.1. The highest BCUT2D eigenvalue weighted by Gasteiger charge is 2.19. The highest BCUT2D eigenvalue weighted by atomic mass is 35.5. The monoisotopic (exact) mass is 312 g/mol. The standard InChI is InChI=1S/C15H17ClO5/c1-19-14(17)13(15(18)20-2)10-11-4-6-12(7-5-11)21-9-3-8-16/h4-7,10H,3,8-9H2,1-2H3. The van der Waals surface area contributed by atoms with Crippen molar-refractivity contribution in [3.63, 3.8) is 0 Å². The van der Waals surface area contributed by atoms with Gasteiger partial charge in [-0.3, -0.25) is 0 Å². The van der Waals surface area contributed by atoms with Gasteiger partial charge in [0, 0.05) is 5.88 Å². The zero-order valence-corrected chi connectivity index (χ0v) is 12.7. The third kappa shape index (κ3) is 5.47. The molecule has 1 aromatic rings. The average molecular weight is 313 g/mol. The van der Waals surface area contributed by atoms with Crippen molar-refractivity contribution in [2.75, 3.05) is 26.7 Å². The van der Waals surface area contributed by atoms with Gasteiger partial charge in [-0.25, -0.2) is 9.59 Å². The maximum atomic E-state index is 11.5. The van der Waals surface area contributed by atoms with Gasteiger partial charge >= 0.3 is 11.9 Å². The Bertz CT molecular complexity index is 489. The summed E-state index contributed by atoms with van der Waals surface area (Å²) in [4.78, 5) is 23.1. The van der Waals surface area contributed by atoms with Gasteiger partial charge in [0.15, 0.2) is 0 Å². The first-order chi connectivity index (χ1) is 10.1. The molecule has 0 radical (unpaired) electrons. The predicted molar refractivity (Wildman–Crippen MR) is 79.3 cm³/mol. The van der Waals surface area contributed by atoms with E-state index in [1.807, 2.05) is 0 Å². The molecule has 1 rings (SSSR count). The summed E-state index contributed by atoms with van der Waals surface area (Å²) in [6.45, 7) is 0.536. The molecule has 0 amide bonds. The Hall–Kier alpha value is -2.01. The molecule has 0 N–H and O–H groups in total. The summed E-state index contributed by atoms with van der Waals surface area (Å²) in [7, 11) is 2.40. The normalized spacial score (nSPS) is 9.67. The zero-order chi connectivity index (χ0) is 15.7. The van der Waals surface area contributed by atoms with Crippen molar-refractivity contribution >= 4 is 29.6 Å². The lowest BCUT2D eigenvalue weighted by molar-refractivity contribution is -0.143. The van der Waals surface area contributed by atoms with Crippen molar-refractivity contribution in [2.45, 2.75) is 6.42 Å². The van der Waals surface area contributed by atoms with Crippen LogP contribution in [0.3, 0.4) is 0 Å². The summed E-state index contributed by atoms with van der Waals surface area (Å²) < 4.78 is 14.6. The number of hydrogen-bond donors (Lipinski definition) is 0. The van der Waals surface area contributed by atoms with Crippen LogP contribution in [0.2, 0.25) is 0 Å². The number of esters is 2. The lowest BCUT2D eigenvalue weighted by Gasteiger charge is -2.06. The van der Waals surface area contributed by atoms with Crippen molar-refractivity contribution in [2.24, 2.45) is 0 Å². The summed E-state index contributed by atoms with van der Waals surface area (Å²) in [5.41, 5.74) is 0.487. The second kappa shape index (κ2) is 9.02. The number of benzene rings is 1. The van der Waals surface area contributed by atoms with Gasteiger partial charge < -0.3 is 14.2 Å². The Morgan fingerprint density at radius 1 is 1.10 bits per heavy atom. The molecule has 0 spiro atoms. The minimum absolute atomic E-state index is 0.171. The Morgan fingerprint density at radius 3 is 2.14 bits per heavy atom. The summed E-state index contributed by atoms with van der Waals surface area (Å²) in [5, 5.41) is 0. The number of rotatable bonds is 7. The second-order valence-corrected chi connectivity index (χ2v) is 4.38. The Morgan fingerprint density at radius 2 is 1.67 bits per heavy atom. The van der Waals surface area contributed by atoms with Crippen LogP contribution < -0.4 is 4.74 Å². The van der Waals surface area contributed by atoms with Crippen molar-refractivity contribution in [3.05, 3.63) is 35.4 Å². The SMILES string of the molecule is COC(=O)C(=Cc1ccc(OCCCCl)cc1)C(=O)OC. The molecule has 0 fully saturated rings. The van der Waals surface area contributed by atoms with Crippen LogP contribution in [0.4, 0.5) is 0 Å². The largest absolute Gasteiger partial charge is 0.494 e. The predicted octanol–water partition coefficient (Wildman–Crippen LogP) is 2.42. The highest BCUT2D eigenvalue weighted by molar-refractivity contribution is 6.18. The minimum Gasteiger partial charge on any atom is -0.494 e. The maximum Gasteiger partial charge on any atom is 0.345 e. The number of halogens is 1. The molecular formula is C15H17ClO5. The van der Waals surface area contributed by atoms with Gasteiger partial charge in [0.1, 0.15) is 11.3 Å². The molecule has 5 nitrogen and oxygen atoms in total. The number of ether oxygens (including phenoxy) is 3. The van der Waals surface area contributed by atoms with Crippen LogP contribution in [0.25, 0.3) is 6.08 Å². The molecule has 0 aliphatic rings. The molecule has 0 heterocycles. The molecule has 0 saturated carbocycles. The second-order valence-electron chi connectivity index (χ2n) is 4.00. The van der Waals surface area contributed by atoms with Gasteiger partial charge in [0.25, 0.3) is 0 Å². The summed E-state index contributed by atoms with van der Waals surface area (Å²) in [6, 6.07) is 6.93. The van der Waals surface area contributed by atoms with E-state index < -0.39 is 11.9 Å². The third-order valence-electron chi connectivity index (χ3n) is 2.55. The van der Waals surface area contributed by atoms with Crippen LogP contribution in [0, 0.1) is 0 Å². The van der Waals surface area contributed by atoms with E-state index in [0.717, 1.165) is 6.42 Å². The molecule has 0 saturated heterocycles. The van der Waals surface area contributed by atoms with Crippen molar-refractivity contribution in [1.29, 1.82) is 0 Å². The van der Waals surface area contributed by atoms with Gasteiger partial charge in [0.05, 0.1) is 20.8 Å². The Labute approximate surface area is 128 Å². The van der Waals surface area contributed by atoms with Crippen molar-refractivity contribution in [3.8, 4) is 5.75 Å². The van der Waals surface area contributed by atoms with Gasteiger partial charge in [-0.1, -0.05) is 12.1 Å². The molecule has 0 aliphatic carbocycles. The first kappa shape index (κ1) is 17.0. The fourth-order valence-electron chi connectivity index (χ4n) is 1.49. The third-order valence-corrected chi connectivity index (χ3v) is 2.82. The van der Waals surface area contributed by atoms with E-state index in [1.165, 1.54) is 20.3 Å². The molecule has 0 unspecified atom stereocenters. The zero-order valence-electron chi connectivity index (χ0n) is 11.9. The number of methoxy groups -OCH3 is 2. The van der Waals surface area contributed by atoms with E-state index in [4.69, 9.17) is 16.3 Å².